The summed E-state index contributed by atoms with van der Waals surface area (Å²) >= 11 is 1.59. The number of hydrogen-bond donors (Lipinski definition) is 1. The third kappa shape index (κ3) is 2.80. The normalized spacial score (nSPS) is 10.8. The number of anilines is 1. The van der Waals surface area contributed by atoms with Crippen molar-refractivity contribution in [1.82, 2.24) is 9.78 Å². The van der Waals surface area contributed by atoms with Gasteiger partial charge in [-0.05, 0) is 17.5 Å². The Hall–Kier alpha value is -1.88. The van der Waals surface area contributed by atoms with Gasteiger partial charge in [0.25, 0.3) is 0 Å². The van der Waals surface area contributed by atoms with Gasteiger partial charge in [0.15, 0.2) is 5.82 Å². The molecule has 1 N–H and O–H groups in total. The van der Waals surface area contributed by atoms with Crippen molar-refractivity contribution in [1.29, 1.82) is 0 Å². The second kappa shape index (κ2) is 4.76. The Morgan fingerprint density at radius 3 is 3.06 bits per heavy atom. The van der Waals surface area contributed by atoms with Crippen molar-refractivity contribution in [2.45, 2.75) is 0 Å². The Morgan fingerprint density at radius 2 is 2.44 bits per heavy atom. The number of rotatable bonds is 3. The number of aryl methyl sites for hydroxylation is 1. The van der Waals surface area contributed by atoms with Gasteiger partial charge >= 0.3 is 0 Å². The molecule has 82 valence electrons. The fourth-order valence-electron chi connectivity index (χ4n) is 1.19. The molecule has 0 bridgehead atoms. The van der Waals surface area contributed by atoms with E-state index in [1.165, 1.54) is 6.08 Å². The standard InChI is InChI=1S/C11H11N3OS/c1-14-7-6-10(13-14)12-11(15)5-4-9-3-2-8-16-9/h2-8H,1H3,(H,12,13,15)/b5-4+. The Bertz CT molecular complexity index is 499. The van der Waals surface area contributed by atoms with Crippen LogP contribution in [0.4, 0.5) is 5.82 Å². The van der Waals surface area contributed by atoms with Crippen molar-refractivity contribution >= 4 is 29.1 Å². The molecule has 0 saturated carbocycles. The number of hydrogen-bond acceptors (Lipinski definition) is 3. The minimum atomic E-state index is -0.174. The number of amides is 1. The maximum absolute atomic E-state index is 11.5. The summed E-state index contributed by atoms with van der Waals surface area (Å²) in [6, 6.07) is 5.65. The van der Waals surface area contributed by atoms with Gasteiger partial charge in [0.2, 0.25) is 5.91 Å². The molecule has 16 heavy (non-hydrogen) atoms. The molecule has 0 aliphatic carbocycles. The first-order valence-corrected chi connectivity index (χ1v) is 5.64. The van der Waals surface area contributed by atoms with Gasteiger partial charge in [-0.2, -0.15) is 5.10 Å². The largest absolute Gasteiger partial charge is 0.306 e. The number of nitrogens with zero attached hydrogens (tertiary/aromatic N) is 2. The van der Waals surface area contributed by atoms with Gasteiger partial charge in [-0.25, -0.2) is 0 Å². The van der Waals surface area contributed by atoms with Crippen LogP contribution in [-0.4, -0.2) is 15.7 Å². The second-order valence-electron chi connectivity index (χ2n) is 3.21. The summed E-state index contributed by atoms with van der Waals surface area (Å²) in [5.74, 6) is 0.385. The number of carbonyl (C=O) groups excluding carboxylic acids is 1. The third-order valence-electron chi connectivity index (χ3n) is 1.91. The van der Waals surface area contributed by atoms with Gasteiger partial charge in [-0.3, -0.25) is 9.48 Å². The predicted molar refractivity (Wildman–Crippen MR) is 65.2 cm³/mol. The number of carbonyl (C=O) groups is 1. The molecule has 0 saturated heterocycles. The van der Waals surface area contributed by atoms with E-state index in [1.807, 2.05) is 17.5 Å². The molecule has 0 unspecified atom stereocenters. The molecule has 2 aromatic rings. The molecular weight excluding hydrogens is 222 g/mol. The van der Waals surface area contributed by atoms with Crippen LogP contribution in [0.5, 0.6) is 0 Å². The van der Waals surface area contributed by atoms with Crippen LogP contribution in [0.25, 0.3) is 6.08 Å². The average Bonchev–Trinajstić information content (AvgIpc) is 2.87. The molecule has 4 nitrogen and oxygen atoms in total. The van der Waals surface area contributed by atoms with E-state index in [0.717, 1.165) is 4.88 Å². The number of nitrogens with one attached hydrogen (secondary N) is 1. The summed E-state index contributed by atoms with van der Waals surface area (Å²) < 4.78 is 1.64. The highest BCUT2D eigenvalue weighted by Crippen LogP contribution is 2.10. The smallest absolute Gasteiger partial charge is 0.249 e. The Kier molecular flexibility index (Phi) is 3.16. The fraction of sp³-hybridized carbons (Fsp3) is 0.0909. The van der Waals surface area contributed by atoms with Gasteiger partial charge in [0, 0.05) is 30.3 Å². The molecule has 0 spiro atoms. The SMILES string of the molecule is Cn1ccc(NC(=O)/C=C/c2cccs2)n1. The van der Waals surface area contributed by atoms with Crippen LogP contribution in [0.2, 0.25) is 0 Å². The van der Waals surface area contributed by atoms with E-state index in [2.05, 4.69) is 10.4 Å². The van der Waals surface area contributed by atoms with Crippen molar-refractivity contribution < 1.29 is 4.79 Å². The lowest BCUT2D eigenvalue weighted by molar-refractivity contribution is -0.111. The number of aromatic nitrogens is 2. The Labute approximate surface area is 97.2 Å². The highest BCUT2D eigenvalue weighted by Gasteiger charge is 1.99. The summed E-state index contributed by atoms with van der Waals surface area (Å²) in [4.78, 5) is 12.5. The van der Waals surface area contributed by atoms with Crippen molar-refractivity contribution in [3.63, 3.8) is 0 Å². The van der Waals surface area contributed by atoms with E-state index < -0.39 is 0 Å². The highest BCUT2D eigenvalue weighted by atomic mass is 32.1. The van der Waals surface area contributed by atoms with Crippen LogP contribution in [0, 0.1) is 0 Å². The molecular formula is C11H11N3OS. The Morgan fingerprint density at radius 1 is 1.56 bits per heavy atom. The summed E-state index contributed by atoms with van der Waals surface area (Å²) in [5.41, 5.74) is 0. The van der Waals surface area contributed by atoms with E-state index in [1.54, 1.807) is 41.4 Å². The maximum atomic E-state index is 11.5. The van der Waals surface area contributed by atoms with E-state index in [9.17, 15) is 4.79 Å². The van der Waals surface area contributed by atoms with Crippen molar-refractivity contribution in [2.75, 3.05) is 5.32 Å². The van der Waals surface area contributed by atoms with Gasteiger partial charge in [-0.1, -0.05) is 6.07 Å². The van der Waals surface area contributed by atoms with Crippen molar-refractivity contribution in [3.05, 3.63) is 40.7 Å². The molecule has 2 heterocycles. The summed E-state index contributed by atoms with van der Waals surface area (Å²) in [6.07, 6.45) is 5.06. The van der Waals surface area contributed by atoms with Gasteiger partial charge < -0.3 is 5.32 Å². The number of thiophene rings is 1. The lowest BCUT2D eigenvalue weighted by atomic mass is 10.4. The zero-order chi connectivity index (χ0) is 11.4. The first-order valence-electron chi connectivity index (χ1n) is 4.76. The van der Waals surface area contributed by atoms with E-state index in [0.29, 0.717) is 5.82 Å². The quantitative estimate of drug-likeness (QED) is 0.825. The minimum Gasteiger partial charge on any atom is -0.306 e. The van der Waals surface area contributed by atoms with Gasteiger partial charge in [0.05, 0.1) is 0 Å². The third-order valence-corrected chi connectivity index (χ3v) is 2.74. The maximum Gasteiger partial charge on any atom is 0.249 e. The van der Waals surface area contributed by atoms with Crippen LogP contribution in [0.1, 0.15) is 4.88 Å². The molecule has 5 heteroatoms. The molecule has 0 radical (unpaired) electrons. The Balaban J connectivity index is 1.94. The van der Waals surface area contributed by atoms with E-state index in [4.69, 9.17) is 0 Å². The summed E-state index contributed by atoms with van der Waals surface area (Å²) in [7, 11) is 1.80. The van der Waals surface area contributed by atoms with Crippen LogP contribution in [0.15, 0.2) is 35.9 Å². The summed E-state index contributed by atoms with van der Waals surface area (Å²) in [6.45, 7) is 0. The average molecular weight is 233 g/mol. The molecule has 0 fully saturated rings. The molecule has 0 atom stereocenters. The van der Waals surface area contributed by atoms with Crippen LogP contribution in [0.3, 0.4) is 0 Å². The first kappa shape index (κ1) is 10.6. The topological polar surface area (TPSA) is 46.9 Å². The van der Waals surface area contributed by atoms with Gasteiger partial charge in [-0.15, -0.1) is 11.3 Å². The zero-order valence-electron chi connectivity index (χ0n) is 8.75. The lowest BCUT2D eigenvalue weighted by Crippen LogP contribution is -2.08. The van der Waals surface area contributed by atoms with Crippen molar-refractivity contribution in [2.24, 2.45) is 7.05 Å². The monoisotopic (exact) mass is 233 g/mol. The first-order chi connectivity index (χ1) is 7.74. The highest BCUT2D eigenvalue weighted by molar-refractivity contribution is 7.10. The van der Waals surface area contributed by atoms with Crippen molar-refractivity contribution in [3.8, 4) is 0 Å². The molecule has 2 rings (SSSR count). The molecule has 1 amide bonds. The zero-order valence-corrected chi connectivity index (χ0v) is 9.57. The summed E-state index contributed by atoms with van der Waals surface area (Å²) in [5, 5.41) is 8.69. The molecule has 0 aliphatic heterocycles. The van der Waals surface area contributed by atoms with E-state index >= 15 is 0 Å². The van der Waals surface area contributed by atoms with Crippen LogP contribution in [-0.2, 0) is 11.8 Å². The predicted octanol–water partition coefficient (Wildman–Crippen LogP) is 2.13. The van der Waals surface area contributed by atoms with Gasteiger partial charge in [0.1, 0.15) is 0 Å². The minimum absolute atomic E-state index is 0.174. The second-order valence-corrected chi connectivity index (χ2v) is 4.19. The molecule has 0 aromatic carbocycles. The molecule has 0 aliphatic rings. The van der Waals surface area contributed by atoms with E-state index in [-0.39, 0.29) is 5.91 Å². The van der Waals surface area contributed by atoms with Crippen LogP contribution < -0.4 is 5.32 Å². The lowest BCUT2D eigenvalue weighted by Gasteiger charge is -1.95. The van der Waals surface area contributed by atoms with Crippen LogP contribution >= 0.6 is 11.3 Å². The fourth-order valence-corrected chi connectivity index (χ4v) is 1.81. The molecule has 2 aromatic heterocycles.